The first-order chi connectivity index (χ1) is 36.5. The molecular formula is C58H90O20. The Kier molecular flexibility index (Phi) is 20.4. The lowest BCUT2D eigenvalue weighted by Gasteiger charge is -2.52. The number of ether oxygens (including phenoxy) is 10. The lowest BCUT2D eigenvalue weighted by molar-refractivity contribution is -0.351. The molecule has 0 aromatic carbocycles. The number of allylic oxidation sites excluding steroid dienone is 1. The smallest absolute Gasteiger partial charge is 0.308 e. The van der Waals surface area contributed by atoms with E-state index in [1.165, 1.54) is 13.8 Å². The fourth-order valence-corrected chi connectivity index (χ4v) is 13.5. The molecule has 7 aliphatic rings. The van der Waals surface area contributed by atoms with E-state index in [1.54, 1.807) is 41.7 Å². The molecule has 78 heavy (non-hydrogen) atoms. The predicted octanol–water partition coefficient (Wildman–Crippen LogP) is 4.87. The van der Waals surface area contributed by atoms with Crippen LogP contribution in [0.3, 0.4) is 0 Å². The third kappa shape index (κ3) is 15.3. The Morgan fingerprint density at radius 3 is 2.09 bits per heavy atom. The highest BCUT2D eigenvalue weighted by Gasteiger charge is 2.58. The highest BCUT2D eigenvalue weighted by molar-refractivity contribution is 5.82. The number of carbonyl (C=O) groups is 4. The van der Waals surface area contributed by atoms with Crippen LogP contribution >= 0.6 is 0 Å². The Morgan fingerprint density at radius 1 is 0.756 bits per heavy atom. The number of fused-ring (bicyclic) bond motifs is 8. The lowest BCUT2D eigenvalue weighted by Crippen LogP contribution is -2.65. The molecule has 20 nitrogen and oxygen atoms in total. The van der Waals surface area contributed by atoms with Gasteiger partial charge in [-0.3, -0.25) is 19.2 Å². The summed E-state index contributed by atoms with van der Waals surface area (Å²) in [5.74, 6) is -10.2. The number of hydrogen-bond donors (Lipinski definition) is 6. The molecule has 6 N–H and O–H groups in total. The van der Waals surface area contributed by atoms with Gasteiger partial charge in [0, 0.05) is 103 Å². The Balaban J connectivity index is 1.21. The number of Topliss-reactive ketones (excluding diaryl/α,β-unsaturated/α-hetero) is 1. The zero-order valence-corrected chi connectivity index (χ0v) is 47.3. The van der Waals surface area contributed by atoms with Crippen LogP contribution in [0, 0.1) is 23.7 Å². The molecule has 0 aromatic heterocycles. The average molecular weight is 1110 g/mol. The van der Waals surface area contributed by atoms with Crippen LogP contribution in [0.25, 0.3) is 0 Å². The molecule has 7 rings (SSSR count). The summed E-state index contributed by atoms with van der Waals surface area (Å²) < 4.78 is 63.1. The van der Waals surface area contributed by atoms with Crippen molar-refractivity contribution in [1.29, 1.82) is 0 Å². The van der Waals surface area contributed by atoms with E-state index >= 15 is 0 Å². The summed E-state index contributed by atoms with van der Waals surface area (Å²) in [6.45, 7) is 21.2. The molecule has 20 heteroatoms. The molecule has 10 bridgehead atoms. The minimum atomic E-state index is -2.32. The summed E-state index contributed by atoms with van der Waals surface area (Å²) >= 11 is 0. The van der Waals surface area contributed by atoms with Crippen LogP contribution in [-0.4, -0.2) is 176 Å². The monoisotopic (exact) mass is 1110 g/mol. The van der Waals surface area contributed by atoms with E-state index in [0.717, 1.165) is 0 Å². The number of rotatable bonds is 5. The first kappa shape index (κ1) is 62.4. The van der Waals surface area contributed by atoms with Crippen molar-refractivity contribution in [3.8, 4) is 0 Å². The summed E-state index contributed by atoms with van der Waals surface area (Å²) in [5.41, 5.74) is -0.231. The van der Waals surface area contributed by atoms with Crippen LogP contribution in [-0.2, 0) is 66.5 Å². The van der Waals surface area contributed by atoms with Gasteiger partial charge in [0.2, 0.25) is 0 Å². The second-order valence-electron chi connectivity index (χ2n) is 24.6. The van der Waals surface area contributed by atoms with Crippen LogP contribution in [0.5, 0.6) is 0 Å². The second kappa shape index (κ2) is 25.5. The number of hydrogen-bond acceptors (Lipinski definition) is 20. The normalized spacial score (nSPS) is 46.6. The Morgan fingerprint density at radius 2 is 1.41 bits per heavy atom. The van der Waals surface area contributed by atoms with Crippen molar-refractivity contribution in [3.05, 3.63) is 36.5 Å². The zero-order chi connectivity index (χ0) is 57.2. The van der Waals surface area contributed by atoms with Crippen molar-refractivity contribution in [2.24, 2.45) is 23.7 Å². The Bertz CT molecular complexity index is 2170. The molecule has 2 spiro atoms. The summed E-state index contributed by atoms with van der Waals surface area (Å²) in [6.07, 6.45) is -8.71. The molecule has 6 fully saturated rings. The molecule has 23 atom stereocenters. The highest BCUT2D eigenvalue weighted by Crippen LogP contribution is 2.48. The van der Waals surface area contributed by atoms with Gasteiger partial charge in [0.1, 0.15) is 36.3 Å². The second-order valence-corrected chi connectivity index (χ2v) is 24.6. The van der Waals surface area contributed by atoms with E-state index in [4.69, 9.17) is 47.4 Å². The maximum absolute atomic E-state index is 14.4. The van der Waals surface area contributed by atoms with Gasteiger partial charge in [0.15, 0.2) is 17.4 Å². The van der Waals surface area contributed by atoms with Crippen molar-refractivity contribution >= 4 is 23.7 Å². The molecule has 0 aliphatic carbocycles. The van der Waals surface area contributed by atoms with E-state index in [9.17, 15) is 49.8 Å². The molecule has 7 aliphatic heterocycles. The quantitative estimate of drug-likeness (QED) is 0.122. The van der Waals surface area contributed by atoms with Crippen molar-refractivity contribution in [1.82, 2.24) is 0 Å². The fraction of sp³-hybridized carbons (Fsp3) is 0.828. The van der Waals surface area contributed by atoms with Crippen molar-refractivity contribution < 1.29 is 97.2 Å². The van der Waals surface area contributed by atoms with Crippen molar-refractivity contribution in [2.45, 2.75) is 273 Å². The highest BCUT2D eigenvalue weighted by atomic mass is 16.7. The van der Waals surface area contributed by atoms with E-state index in [-0.39, 0.29) is 69.7 Å². The summed E-state index contributed by atoms with van der Waals surface area (Å²) in [5, 5.41) is 70.8. The first-order valence-electron chi connectivity index (χ1n) is 28.3. The van der Waals surface area contributed by atoms with Crippen LogP contribution in [0.15, 0.2) is 36.5 Å². The third-order valence-electron chi connectivity index (χ3n) is 17.4. The largest absolute Gasteiger partial charge is 0.462 e. The number of methoxy groups -OCH3 is 1. The number of carbonyl (C=O) groups excluding carboxylic acids is 4. The molecular weight excluding hydrogens is 1020 g/mol. The van der Waals surface area contributed by atoms with E-state index in [1.807, 2.05) is 19.1 Å². The summed E-state index contributed by atoms with van der Waals surface area (Å²) in [7, 11) is 1.58. The minimum Gasteiger partial charge on any atom is -0.462 e. The fourth-order valence-electron chi connectivity index (χ4n) is 13.5. The minimum absolute atomic E-state index is 0.00139. The molecule has 0 radical (unpaired) electrons. The van der Waals surface area contributed by atoms with E-state index in [2.05, 4.69) is 13.2 Å². The van der Waals surface area contributed by atoms with Gasteiger partial charge in [0.25, 0.3) is 0 Å². The van der Waals surface area contributed by atoms with Gasteiger partial charge in [-0.1, -0.05) is 57.6 Å². The van der Waals surface area contributed by atoms with Crippen LogP contribution in [0.4, 0.5) is 0 Å². The number of esters is 3. The topological polar surface area (TPSA) is 282 Å². The molecule has 0 unspecified atom stereocenters. The Labute approximate surface area is 459 Å². The van der Waals surface area contributed by atoms with E-state index in [0.29, 0.717) is 49.7 Å². The first-order valence-corrected chi connectivity index (χ1v) is 28.3. The van der Waals surface area contributed by atoms with Gasteiger partial charge >= 0.3 is 17.9 Å². The third-order valence-corrected chi connectivity index (χ3v) is 17.4. The van der Waals surface area contributed by atoms with E-state index < -0.39 is 156 Å². The average Bonchev–Trinajstić information content (AvgIpc) is 3.32. The molecule has 6 saturated heterocycles. The Hall–Kier alpha value is -3.22. The van der Waals surface area contributed by atoms with Gasteiger partial charge in [-0.25, -0.2) is 0 Å². The number of aliphatic hydroxyl groups excluding tert-OH is 4. The van der Waals surface area contributed by atoms with Gasteiger partial charge < -0.3 is 78.0 Å². The lowest BCUT2D eigenvalue weighted by atomic mass is 9.78. The predicted molar refractivity (Wildman–Crippen MR) is 279 cm³/mol. The van der Waals surface area contributed by atoms with Gasteiger partial charge in [0.05, 0.1) is 79.0 Å². The summed E-state index contributed by atoms with van der Waals surface area (Å²) in [6, 6.07) is 0. The maximum Gasteiger partial charge on any atom is 0.308 e. The van der Waals surface area contributed by atoms with Crippen LogP contribution < -0.4 is 0 Å². The molecule has 0 saturated carbocycles. The van der Waals surface area contributed by atoms with Gasteiger partial charge in [-0.15, -0.1) is 6.58 Å². The molecule has 7 heterocycles. The number of aliphatic hydroxyl groups is 6. The molecule has 0 amide bonds. The standard InChI is InChI=1S/C58H90O20/c1-30(2)17-48-50(65)52-35(7)53(72-48)54(66)58(68)28-46(63)33(5)47(78-58)16-14-12-13-15-39-19-38(61)24-56(74-39)26-42(69-11)20-40(75-56)22-45(62)34(6)51(71-37(9)60)32(4)31(3)18-44-25-55(10,67)29-57(77-44)27-43(70-36(8)59)21-41(76-57)23-49(64)73-52/h13,15,32-35,38-44,46-48,50-54,61,63,65-68H,1,3,12,14,16-29H2,2,4-11H3/t32-,33-,34-,35-,38+,39+,40+,41-,42+,43+,44+,46+,47-,48-,50-,51+,52-,53-,54+,55-,56+,57-,58-/m1/s1. The van der Waals surface area contributed by atoms with Crippen LogP contribution in [0.2, 0.25) is 0 Å². The van der Waals surface area contributed by atoms with Crippen LogP contribution in [0.1, 0.15) is 158 Å². The van der Waals surface area contributed by atoms with Crippen molar-refractivity contribution in [2.75, 3.05) is 7.11 Å². The number of ketones is 1. The van der Waals surface area contributed by atoms with Gasteiger partial charge in [-0.2, -0.15) is 0 Å². The maximum atomic E-state index is 14.4. The molecule has 442 valence electrons. The molecule has 0 aromatic rings. The zero-order valence-electron chi connectivity index (χ0n) is 47.3. The SMILES string of the molecule is C=C(C)C[C@H]1O[C@@H]2[C@H](C)[C@@H](OC(=O)C[C@H]3C[C@H](OC(C)=O)C[C@@]4(C[C@](C)(O)C[C@H](CC(=C)[C@@H](C)[C@H](OC(C)=O)[C@H](C)C(=O)C[C@@H]5C[C@H](OC)C[C@]6(C[C@@H](O)C[C@H](C=CCCC[C@H]7O[C@](O)(C[C@H](O)[C@H]7C)[C@H]2O)O6)O5)O4)O3)[C@@H]1O. The van der Waals surface area contributed by atoms with Gasteiger partial charge in [-0.05, 0) is 46.0 Å². The summed E-state index contributed by atoms with van der Waals surface area (Å²) in [4.78, 5) is 53.9. The van der Waals surface area contributed by atoms with Crippen molar-refractivity contribution in [3.63, 3.8) is 0 Å².